The molecule has 16 heavy (non-hydrogen) atoms. The number of unbranched alkanes of at least 4 members (excludes halogenated alkanes) is 3. The van der Waals surface area contributed by atoms with E-state index < -0.39 is 0 Å². The highest BCUT2D eigenvalue weighted by atomic mass is 35.5. The van der Waals surface area contributed by atoms with Gasteiger partial charge >= 0.3 is 0 Å². The lowest BCUT2D eigenvalue weighted by molar-refractivity contribution is 0.139. The van der Waals surface area contributed by atoms with Crippen LogP contribution in [0.3, 0.4) is 0 Å². The molecule has 1 saturated heterocycles. The maximum Gasteiger partial charge on any atom is 0.00669 e. The van der Waals surface area contributed by atoms with Crippen LogP contribution in [-0.4, -0.2) is 24.0 Å². The predicted molar refractivity (Wildman–Crippen MR) is 75.4 cm³/mol. The molecule has 1 fully saturated rings. The minimum Gasteiger partial charge on any atom is -0.301 e. The average molecular weight is 248 g/mol. The molecule has 0 saturated carbocycles. The van der Waals surface area contributed by atoms with Crippen LogP contribution in [0.25, 0.3) is 0 Å². The molecule has 98 valence electrons. The third-order valence-corrected chi connectivity index (χ3v) is 3.92. The van der Waals surface area contributed by atoms with Crippen molar-refractivity contribution in [1.82, 2.24) is 4.90 Å². The molecule has 1 unspecified atom stereocenters. The summed E-state index contributed by atoms with van der Waals surface area (Å²) in [7, 11) is 0. The van der Waals surface area contributed by atoms with Crippen molar-refractivity contribution in [2.45, 2.75) is 71.8 Å². The highest BCUT2D eigenvalue weighted by molar-refractivity contribution is 5.85. The van der Waals surface area contributed by atoms with Gasteiger partial charge in [-0.2, -0.15) is 0 Å². The van der Waals surface area contributed by atoms with Crippen molar-refractivity contribution in [3.63, 3.8) is 0 Å². The van der Waals surface area contributed by atoms with Crippen LogP contribution in [0.4, 0.5) is 0 Å². The molecule has 0 spiro atoms. The topological polar surface area (TPSA) is 3.24 Å². The number of piperidine rings is 1. The second-order valence-corrected chi connectivity index (χ2v) is 5.42. The standard InChI is InChI=1S/C14H29N.ClH/c1-4-5-6-7-8-14(3)15-11-9-13(2)10-12-15;/h13-14H,4-12H2,1-3H3;1H. The highest BCUT2D eigenvalue weighted by Gasteiger charge is 2.19. The Bertz CT molecular complexity index is 153. The molecule has 2 heteroatoms. The Hall–Kier alpha value is 0.250. The summed E-state index contributed by atoms with van der Waals surface area (Å²) in [5.74, 6) is 0.966. The normalized spacial score (nSPS) is 20.4. The molecule has 0 aliphatic carbocycles. The van der Waals surface area contributed by atoms with E-state index in [2.05, 4.69) is 25.7 Å². The SMILES string of the molecule is CCCCCCC(C)N1CCC(C)CC1.Cl. The summed E-state index contributed by atoms with van der Waals surface area (Å²) in [5, 5.41) is 0. The van der Waals surface area contributed by atoms with E-state index in [4.69, 9.17) is 0 Å². The van der Waals surface area contributed by atoms with Crippen LogP contribution < -0.4 is 0 Å². The van der Waals surface area contributed by atoms with Crippen LogP contribution in [0.5, 0.6) is 0 Å². The van der Waals surface area contributed by atoms with Crippen LogP contribution in [0.1, 0.15) is 65.7 Å². The minimum absolute atomic E-state index is 0. The van der Waals surface area contributed by atoms with Gasteiger partial charge in [-0.1, -0.05) is 39.5 Å². The number of halogens is 1. The number of hydrogen-bond donors (Lipinski definition) is 0. The van der Waals surface area contributed by atoms with E-state index in [-0.39, 0.29) is 12.4 Å². The van der Waals surface area contributed by atoms with Crippen molar-refractivity contribution in [3.8, 4) is 0 Å². The molecule has 0 amide bonds. The van der Waals surface area contributed by atoms with Gasteiger partial charge in [0.1, 0.15) is 0 Å². The summed E-state index contributed by atoms with van der Waals surface area (Å²) in [6, 6.07) is 0.828. The predicted octanol–water partition coefficient (Wildman–Crippen LogP) is 4.50. The summed E-state index contributed by atoms with van der Waals surface area (Å²) >= 11 is 0. The third-order valence-electron chi connectivity index (χ3n) is 3.92. The number of nitrogens with zero attached hydrogens (tertiary/aromatic N) is 1. The number of likely N-dealkylation sites (tertiary alicyclic amines) is 1. The zero-order chi connectivity index (χ0) is 11.1. The van der Waals surface area contributed by atoms with Crippen LogP contribution in [0.2, 0.25) is 0 Å². The fraction of sp³-hybridized carbons (Fsp3) is 1.00. The summed E-state index contributed by atoms with van der Waals surface area (Å²) in [6.45, 7) is 9.78. The van der Waals surface area contributed by atoms with Crippen LogP contribution in [-0.2, 0) is 0 Å². The molecule has 1 aliphatic heterocycles. The Kier molecular flexibility index (Phi) is 9.44. The van der Waals surface area contributed by atoms with Crippen LogP contribution in [0.15, 0.2) is 0 Å². The quantitative estimate of drug-likeness (QED) is 0.625. The van der Waals surface area contributed by atoms with E-state index in [1.165, 1.54) is 58.0 Å². The van der Waals surface area contributed by atoms with Crippen molar-refractivity contribution in [3.05, 3.63) is 0 Å². The molecule has 1 aliphatic rings. The Balaban J connectivity index is 0.00000225. The van der Waals surface area contributed by atoms with Gasteiger partial charge in [0.2, 0.25) is 0 Å². The molecule has 1 atom stereocenters. The molecule has 0 radical (unpaired) electrons. The van der Waals surface area contributed by atoms with Crippen LogP contribution >= 0.6 is 12.4 Å². The maximum atomic E-state index is 2.70. The van der Waals surface area contributed by atoms with Gasteiger partial charge in [-0.15, -0.1) is 12.4 Å². The number of hydrogen-bond acceptors (Lipinski definition) is 1. The van der Waals surface area contributed by atoms with Crippen molar-refractivity contribution in [2.24, 2.45) is 5.92 Å². The molecule has 0 aromatic carbocycles. The smallest absolute Gasteiger partial charge is 0.00669 e. The molecule has 1 nitrogen and oxygen atoms in total. The van der Waals surface area contributed by atoms with E-state index in [9.17, 15) is 0 Å². The molecular formula is C14H30ClN. The molecule has 0 N–H and O–H groups in total. The fourth-order valence-electron chi connectivity index (χ4n) is 2.52. The minimum atomic E-state index is 0. The van der Waals surface area contributed by atoms with Gasteiger partial charge in [-0.05, 0) is 45.2 Å². The molecular weight excluding hydrogens is 218 g/mol. The van der Waals surface area contributed by atoms with Crippen molar-refractivity contribution >= 4 is 12.4 Å². The van der Waals surface area contributed by atoms with Gasteiger partial charge in [-0.25, -0.2) is 0 Å². The average Bonchev–Trinajstić information content (AvgIpc) is 2.25. The van der Waals surface area contributed by atoms with E-state index in [0.717, 1.165) is 12.0 Å². The summed E-state index contributed by atoms with van der Waals surface area (Å²) < 4.78 is 0. The van der Waals surface area contributed by atoms with Gasteiger partial charge in [-0.3, -0.25) is 0 Å². The van der Waals surface area contributed by atoms with Crippen LogP contribution in [0, 0.1) is 5.92 Å². The summed E-state index contributed by atoms with van der Waals surface area (Å²) in [4.78, 5) is 2.70. The van der Waals surface area contributed by atoms with E-state index in [0.29, 0.717) is 0 Å². The van der Waals surface area contributed by atoms with Crippen molar-refractivity contribution < 1.29 is 0 Å². The van der Waals surface area contributed by atoms with Crippen molar-refractivity contribution in [1.29, 1.82) is 0 Å². The Morgan fingerprint density at radius 2 is 1.75 bits per heavy atom. The Morgan fingerprint density at radius 1 is 1.12 bits per heavy atom. The monoisotopic (exact) mass is 247 g/mol. The first kappa shape index (κ1) is 16.2. The second-order valence-electron chi connectivity index (χ2n) is 5.42. The Labute approximate surface area is 108 Å². The van der Waals surface area contributed by atoms with Gasteiger partial charge in [0.15, 0.2) is 0 Å². The molecule has 0 aromatic heterocycles. The van der Waals surface area contributed by atoms with Gasteiger partial charge in [0.05, 0.1) is 0 Å². The summed E-state index contributed by atoms with van der Waals surface area (Å²) in [5.41, 5.74) is 0. The molecule has 0 bridgehead atoms. The second kappa shape index (κ2) is 9.30. The van der Waals surface area contributed by atoms with E-state index >= 15 is 0 Å². The zero-order valence-corrected chi connectivity index (χ0v) is 12.2. The lowest BCUT2D eigenvalue weighted by atomic mass is 9.97. The Morgan fingerprint density at radius 3 is 2.31 bits per heavy atom. The van der Waals surface area contributed by atoms with E-state index in [1.807, 2.05) is 0 Å². The first-order chi connectivity index (χ1) is 7.24. The largest absolute Gasteiger partial charge is 0.301 e. The lowest BCUT2D eigenvalue weighted by Crippen LogP contribution is -2.39. The first-order valence-corrected chi connectivity index (χ1v) is 6.98. The maximum absolute atomic E-state index is 2.70. The molecule has 1 heterocycles. The first-order valence-electron chi connectivity index (χ1n) is 6.98. The van der Waals surface area contributed by atoms with Gasteiger partial charge < -0.3 is 4.90 Å². The molecule has 0 aromatic rings. The van der Waals surface area contributed by atoms with E-state index in [1.54, 1.807) is 0 Å². The fourth-order valence-corrected chi connectivity index (χ4v) is 2.52. The molecule has 1 rings (SSSR count). The zero-order valence-electron chi connectivity index (χ0n) is 11.4. The van der Waals surface area contributed by atoms with Crippen molar-refractivity contribution in [2.75, 3.05) is 13.1 Å². The summed E-state index contributed by atoms with van der Waals surface area (Å²) in [6.07, 6.45) is 9.89. The third kappa shape index (κ3) is 6.10. The lowest BCUT2D eigenvalue weighted by Gasteiger charge is -2.35. The number of rotatable bonds is 6. The van der Waals surface area contributed by atoms with Gasteiger partial charge in [0.25, 0.3) is 0 Å². The highest BCUT2D eigenvalue weighted by Crippen LogP contribution is 2.20. The van der Waals surface area contributed by atoms with Gasteiger partial charge in [0, 0.05) is 6.04 Å².